The summed E-state index contributed by atoms with van der Waals surface area (Å²) in [5.41, 5.74) is 0. The molecule has 7 nitrogen and oxygen atoms in total. The van der Waals surface area contributed by atoms with Crippen LogP contribution in [0.4, 0.5) is 0 Å². The Labute approximate surface area is 98.7 Å². The normalized spacial score (nSPS) is 19.1. The van der Waals surface area contributed by atoms with Gasteiger partial charge in [0.15, 0.2) is 0 Å². The summed E-state index contributed by atoms with van der Waals surface area (Å²) in [4.78, 5) is 34.8. The van der Waals surface area contributed by atoms with Crippen LogP contribution in [0, 0.1) is 0 Å². The number of nitrogens with one attached hydrogen (secondary N) is 1. The molecule has 1 unspecified atom stereocenters. The molecule has 0 saturated carbocycles. The predicted octanol–water partition coefficient (Wildman–Crippen LogP) is -1.18. The minimum Gasteiger partial charge on any atom is -0.480 e. The van der Waals surface area contributed by atoms with E-state index in [2.05, 4.69) is 5.32 Å². The van der Waals surface area contributed by atoms with Gasteiger partial charge in [-0.15, -0.1) is 0 Å². The highest BCUT2D eigenvalue weighted by atomic mass is 16.5. The molecule has 0 aliphatic carbocycles. The van der Waals surface area contributed by atoms with Crippen LogP contribution < -0.4 is 5.32 Å². The fourth-order valence-corrected chi connectivity index (χ4v) is 1.81. The van der Waals surface area contributed by atoms with E-state index in [-0.39, 0.29) is 18.4 Å². The van der Waals surface area contributed by atoms with Crippen molar-refractivity contribution in [2.75, 3.05) is 26.8 Å². The Kier molecular flexibility index (Phi) is 4.89. The fourth-order valence-electron chi connectivity index (χ4n) is 1.81. The van der Waals surface area contributed by atoms with Crippen LogP contribution in [0.1, 0.15) is 12.8 Å². The maximum absolute atomic E-state index is 11.7. The van der Waals surface area contributed by atoms with Crippen molar-refractivity contribution >= 4 is 17.8 Å². The van der Waals surface area contributed by atoms with Crippen LogP contribution in [0.3, 0.4) is 0 Å². The summed E-state index contributed by atoms with van der Waals surface area (Å²) in [6.07, 6.45) is 1.40. The van der Waals surface area contributed by atoms with E-state index < -0.39 is 18.6 Å². The van der Waals surface area contributed by atoms with Gasteiger partial charge in [-0.25, -0.2) is 4.79 Å². The topological polar surface area (TPSA) is 95.9 Å². The molecule has 1 atom stereocenters. The highest BCUT2D eigenvalue weighted by Gasteiger charge is 2.33. The van der Waals surface area contributed by atoms with Crippen molar-refractivity contribution in [3.63, 3.8) is 0 Å². The molecular formula is C10H16N2O5. The van der Waals surface area contributed by atoms with Crippen molar-refractivity contribution in [1.29, 1.82) is 0 Å². The summed E-state index contributed by atoms with van der Waals surface area (Å²) in [7, 11) is 1.52. The van der Waals surface area contributed by atoms with Crippen LogP contribution in [0.5, 0.6) is 0 Å². The second kappa shape index (κ2) is 6.19. The molecule has 96 valence electrons. The van der Waals surface area contributed by atoms with Crippen molar-refractivity contribution in [2.24, 2.45) is 0 Å². The lowest BCUT2D eigenvalue weighted by Gasteiger charge is -2.23. The fraction of sp³-hybridized carbons (Fsp3) is 0.700. The van der Waals surface area contributed by atoms with Crippen LogP contribution in [-0.4, -0.2) is 60.6 Å². The van der Waals surface area contributed by atoms with Crippen LogP contribution in [0.15, 0.2) is 0 Å². The van der Waals surface area contributed by atoms with E-state index >= 15 is 0 Å². The summed E-state index contributed by atoms with van der Waals surface area (Å²) in [6, 6.07) is -0.457. The van der Waals surface area contributed by atoms with Crippen LogP contribution in [-0.2, 0) is 19.1 Å². The van der Waals surface area contributed by atoms with Gasteiger partial charge in [0.05, 0.1) is 0 Å². The molecule has 0 bridgehead atoms. The van der Waals surface area contributed by atoms with Crippen LogP contribution in [0.25, 0.3) is 0 Å². The van der Waals surface area contributed by atoms with E-state index in [1.165, 1.54) is 11.9 Å². The van der Waals surface area contributed by atoms with Gasteiger partial charge in [0.1, 0.15) is 19.3 Å². The molecule has 1 rings (SSSR count). The van der Waals surface area contributed by atoms with E-state index in [9.17, 15) is 14.4 Å². The Hall–Kier alpha value is -1.63. The van der Waals surface area contributed by atoms with E-state index in [0.717, 1.165) is 6.42 Å². The number of carboxylic acids is 1. The monoisotopic (exact) mass is 244 g/mol. The standard InChI is InChI=1S/C10H16N2O5/c1-11-10(16)7-3-2-4-12(7)8(13)5-17-6-9(14)15/h7H,2-6H2,1H3,(H,11,16)(H,14,15). The van der Waals surface area contributed by atoms with Gasteiger partial charge in [-0.1, -0.05) is 0 Å². The second-order valence-corrected chi connectivity index (χ2v) is 3.75. The molecule has 1 aliphatic rings. The number of nitrogens with zero attached hydrogens (tertiary/aromatic N) is 1. The lowest BCUT2D eigenvalue weighted by atomic mass is 10.2. The molecule has 7 heteroatoms. The molecule has 1 fully saturated rings. The van der Waals surface area contributed by atoms with Gasteiger partial charge in [-0.3, -0.25) is 9.59 Å². The number of likely N-dealkylation sites (tertiary alicyclic amines) is 1. The number of likely N-dealkylation sites (N-methyl/N-ethyl adjacent to an activating group) is 1. The molecule has 1 saturated heterocycles. The molecule has 0 spiro atoms. The minimum atomic E-state index is -1.12. The Morgan fingerprint density at radius 3 is 2.71 bits per heavy atom. The number of amides is 2. The van der Waals surface area contributed by atoms with E-state index in [4.69, 9.17) is 9.84 Å². The minimum absolute atomic E-state index is 0.200. The third-order valence-electron chi connectivity index (χ3n) is 2.57. The van der Waals surface area contributed by atoms with Gasteiger partial charge < -0.3 is 20.1 Å². The number of aliphatic carboxylic acids is 1. The number of hydrogen-bond acceptors (Lipinski definition) is 4. The van der Waals surface area contributed by atoms with Crippen molar-refractivity contribution in [1.82, 2.24) is 10.2 Å². The molecule has 1 aliphatic heterocycles. The summed E-state index contributed by atoms with van der Waals surface area (Å²) >= 11 is 0. The summed E-state index contributed by atoms with van der Waals surface area (Å²) in [6.45, 7) is -0.308. The maximum atomic E-state index is 11.7. The number of ether oxygens (including phenoxy) is 1. The first-order valence-corrected chi connectivity index (χ1v) is 5.37. The SMILES string of the molecule is CNC(=O)C1CCCN1C(=O)COCC(=O)O. The van der Waals surface area contributed by atoms with Gasteiger partial charge >= 0.3 is 5.97 Å². The maximum Gasteiger partial charge on any atom is 0.329 e. The molecule has 0 aromatic rings. The molecule has 2 N–H and O–H groups in total. The van der Waals surface area contributed by atoms with Crippen molar-refractivity contribution in [2.45, 2.75) is 18.9 Å². The average Bonchev–Trinajstić information content (AvgIpc) is 2.76. The third-order valence-corrected chi connectivity index (χ3v) is 2.57. The zero-order valence-electron chi connectivity index (χ0n) is 9.64. The van der Waals surface area contributed by atoms with Crippen molar-refractivity contribution in [3.05, 3.63) is 0 Å². The molecule has 0 aromatic carbocycles. The molecule has 17 heavy (non-hydrogen) atoms. The zero-order chi connectivity index (χ0) is 12.8. The highest BCUT2D eigenvalue weighted by molar-refractivity contribution is 5.88. The van der Waals surface area contributed by atoms with E-state index in [1.54, 1.807) is 0 Å². The highest BCUT2D eigenvalue weighted by Crippen LogP contribution is 2.17. The average molecular weight is 244 g/mol. The Morgan fingerprint density at radius 1 is 1.41 bits per heavy atom. The first kappa shape index (κ1) is 13.4. The first-order chi connectivity index (χ1) is 8.06. The number of carbonyl (C=O) groups excluding carboxylic acids is 2. The predicted molar refractivity (Wildman–Crippen MR) is 57.3 cm³/mol. The summed E-state index contributed by atoms with van der Waals surface area (Å²) in [5, 5.41) is 10.9. The van der Waals surface area contributed by atoms with E-state index in [1.807, 2.05) is 0 Å². The Morgan fingerprint density at radius 2 is 2.12 bits per heavy atom. The molecule has 0 aromatic heterocycles. The molecule has 0 radical (unpaired) electrons. The van der Waals surface area contributed by atoms with Crippen LogP contribution in [0.2, 0.25) is 0 Å². The molecular weight excluding hydrogens is 228 g/mol. The summed E-state index contributed by atoms with van der Waals surface area (Å²) in [5.74, 6) is -1.67. The Balaban J connectivity index is 2.44. The third kappa shape index (κ3) is 3.70. The van der Waals surface area contributed by atoms with Crippen LogP contribution >= 0.6 is 0 Å². The quantitative estimate of drug-likeness (QED) is 0.635. The largest absolute Gasteiger partial charge is 0.480 e. The number of carbonyl (C=O) groups is 3. The van der Waals surface area contributed by atoms with Gasteiger partial charge in [-0.2, -0.15) is 0 Å². The van der Waals surface area contributed by atoms with Crippen molar-refractivity contribution < 1.29 is 24.2 Å². The van der Waals surface area contributed by atoms with E-state index in [0.29, 0.717) is 13.0 Å². The van der Waals surface area contributed by atoms with Gasteiger partial charge in [0.2, 0.25) is 11.8 Å². The Bertz CT molecular complexity index is 318. The lowest BCUT2D eigenvalue weighted by molar-refractivity contribution is -0.147. The smallest absolute Gasteiger partial charge is 0.329 e. The second-order valence-electron chi connectivity index (χ2n) is 3.75. The lowest BCUT2D eigenvalue weighted by Crippen LogP contribution is -2.46. The van der Waals surface area contributed by atoms with Crippen molar-refractivity contribution in [3.8, 4) is 0 Å². The zero-order valence-corrected chi connectivity index (χ0v) is 9.64. The molecule has 1 heterocycles. The summed E-state index contributed by atoms with van der Waals surface area (Å²) < 4.78 is 4.71. The number of rotatable bonds is 5. The van der Waals surface area contributed by atoms with Gasteiger partial charge in [0.25, 0.3) is 0 Å². The number of hydrogen-bond donors (Lipinski definition) is 2. The molecule has 2 amide bonds. The number of carboxylic acid groups (broad SMARTS) is 1. The van der Waals surface area contributed by atoms with Gasteiger partial charge in [-0.05, 0) is 12.8 Å². The first-order valence-electron chi connectivity index (χ1n) is 5.37. The van der Waals surface area contributed by atoms with Gasteiger partial charge in [0, 0.05) is 13.6 Å².